The molecular formula is C15H24N2S. The highest BCUT2D eigenvalue weighted by Gasteiger charge is 2.11. The first kappa shape index (κ1) is 15.0. The van der Waals surface area contributed by atoms with E-state index in [-0.39, 0.29) is 0 Å². The van der Waals surface area contributed by atoms with Crippen molar-refractivity contribution in [3.63, 3.8) is 0 Å². The van der Waals surface area contributed by atoms with Gasteiger partial charge < -0.3 is 10.6 Å². The molecule has 0 atom stereocenters. The maximum Gasteiger partial charge on any atom is 0.106 e. The lowest BCUT2D eigenvalue weighted by Crippen LogP contribution is -2.28. The van der Waals surface area contributed by atoms with E-state index in [0.29, 0.717) is 4.99 Å². The number of benzene rings is 1. The summed E-state index contributed by atoms with van der Waals surface area (Å²) in [7, 11) is 0. The predicted octanol–water partition coefficient (Wildman–Crippen LogP) is 3.73. The zero-order valence-electron chi connectivity index (χ0n) is 11.5. The van der Waals surface area contributed by atoms with Gasteiger partial charge in [-0.1, -0.05) is 51.0 Å². The first-order valence-corrected chi connectivity index (χ1v) is 7.25. The number of hydrogen-bond donors (Lipinski definition) is 1. The fourth-order valence-corrected chi connectivity index (χ4v) is 2.18. The molecule has 1 aromatic rings. The second-order valence-corrected chi connectivity index (χ2v) is 5.02. The summed E-state index contributed by atoms with van der Waals surface area (Å²) in [6.07, 6.45) is 4.82. The van der Waals surface area contributed by atoms with Crippen molar-refractivity contribution in [3.05, 3.63) is 29.8 Å². The highest BCUT2D eigenvalue weighted by Crippen LogP contribution is 2.21. The highest BCUT2D eigenvalue weighted by atomic mass is 32.1. The summed E-state index contributed by atoms with van der Waals surface area (Å²) in [5.41, 5.74) is 8.00. The van der Waals surface area contributed by atoms with E-state index in [2.05, 4.69) is 30.9 Å². The van der Waals surface area contributed by atoms with Gasteiger partial charge in [0.1, 0.15) is 4.99 Å². The minimum Gasteiger partial charge on any atom is -0.389 e. The van der Waals surface area contributed by atoms with E-state index in [0.717, 1.165) is 18.7 Å². The summed E-state index contributed by atoms with van der Waals surface area (Å²) in [5.74, 6) is 0. The third-order valence-electron chi connectivity index (χ3n) is 3.07. The Hall–Kier alpha value is -1.09. The van der Waals surface area contributed by atoms with E-state index >= 15 is 0 Å². The van der Waals surface area contributed by atoms with E-state index in [1.54, 1.807) is 0 Å². The van der Waals surface area contributed by atoms with Gasteiger partial charge >= 0.3 is 0 Å². The van der Waals surface area contributed by atoms with Gasteiger partial charge in [-0.2, -0.15) is 0 Å². The third kappa shape index (κ3) is 4.30. The quantitative estimate of drug-likeness (QED) is 0.725. The second kappa shape index (κ2) is 8.09. The Kier molecular flexibility index (Phi) is 6.73. The zero-order valence-corrected chi connectivity index (χ0v) is 12.3. The molecule has 2 N–H and O–H groups in total. The molecule has 18 heavy (non-hydrogen) atoms. The molecule has 2 nitrogen and oxygen atoms in total. The molecule has 0 saturated heterocycles. The van der Waals surface area contributed by atoms with E-state index < -0.39 is 0 Å². The van der Waals surface area contributed by atoms with Gasteiger partial charge in [0.15, 0.2) is 0 Å². The Morgan fingerprint density at radius 3 is 2.17 bits per heavy atom. The second-order valence-electron chi connectivity index (χ2n) is 4.58. The Morgan fingerprint density at radius 2 is 1.67 bits per heavy atom. The number of rotatable bonds is 8. The van der Waals surface area contributed by atoms with Crippen molar-refractivity contribution < 1.29 is 0 Å². The van der Waals surface area contributed by atoms with Crippen LogP contribution in [0.4, 0.5) is 5.69 Å². The Labute approximate surface area is 116 Å². The Bertz CT molecular complexity index is 369. The van der Waals surface area contributed by atoms with Crippen LogP contribution >= 0.6 is 12.2 Å². The van der Waals surface area contributed by atoms with Crippen LogP contribution in [0.25, 0.3) is 0 Å². The van der Waals surface area contributed by atoms with Crippen LogP contribution in [-0.4, -0.2) is 18.1 Å². The van der Waals surface area contributed by atoms with Gasteiger partial charge in [0, 0.05) is 24.3 Å². The molecule has 0 fully saturated rings. The molecule has 100 valence electrons. The van der Waals surface area contributed by atoms with E-state index in [9.17, 15) is 0 Å². The lowest BCUT2D eigenvalue weighted by Gasteiger charge is -2.26. The Morgan fingerprint density at radius 1 is 1.11 bits per heavy atom. The summed E-state index contributed by atoms with van der Waals surface area (Å²) >= 11 is 5.14. The molecule has 0 aliphatic carbocycles. The van der Waals surface area contributed by atoms with Crippen molar-refractivity contribution in [2.75, 3.05) is 18.0 Å². The molecule has 0 amide bonds. The molecule has 0 heterocycles. The van der Waals surface area contributed by atoms with Crippen molar-refractivity contribution in [2.24, 2.45) is 5.73 Å². The molecule has 0 spiro atoms. The molecule has 0 aliphatic heterocycles. The van der Waals surface area contributed by atoms with Crippen LogP contribution in [0.5, 0.6) is 0 Å². The van der Waals surface area contributed by atoms with Crippen LogP contribution in [0.3, 0.4) is 0 Å². The van der Waals surface area contributed by atoms with Crippen molar-refractivity contribution in [1.29, 1.82) is 0 Å². The van der Waals surface area contributed by atoms with Crippen LogP contribution in [0, 0.1) is 0 Å². The lowest BCUT2D eigenvalue weighted by molar-refractivity contribution is 0.678. The smallest absolute Gasteiger partial charge is 0.106 e. The fraction of sp³-hybridized carbons (Fsp3) is 0.533. The standard InChI is InChI=1S/C15H24N2S/c1-3-5-11-17(12-6-4-2)14-10-8-7-9-13(14)15(16)18/h7-10H,3-6,11-12H2,1-2H3,(H2,16,18). The van der Waals surface area contributed by atoms with Gasteiger partial charge in [0.2, 0.25) is 0 Å². The van der Waals surface area contributed by atoms with Crippen molar-refractivity contribution >= 4 is 22.9 Å². The predicted molar refractivity (Wildman–Crippen MR) is 84.4 cm³/mol. The number of unbranched alkanes of at least 4 members (excludes halogenated alkanes) is 2. The largest absolute Gasteiger partial charge is 0.389 e. The van der Waals surface area contributed by atoms with Crippen molar-refractivity contribution in [3.8, 4) is 0 Å². The summed E-state index contributed by atoms with van der Waals surface area (Å²) < 4.78 is 0. The third-order valence-corrected chi connectivity index (χ3v) is 3.29. The summed E-state index contributed by atoms with van der Waals surface area (Å²) in [6, 6.07) is 8.19. The van der Waals surface area contributed by atoms with Crippen LogP contribution < -0.4 is 10.6 Å². The van der Waals surface area contributed by atoms with Crippen LogP contribution in [0.2, 0.25) is 0 Å². The first-order valence-electron chi connectivity index (χ1n) is 6.84. The lowest BCUT2D eigenvalue weighted by atomic mass is 10.1. The van der Waals surface area contributed by atoms with Gasteiger partial charge in [-0.3, -0.25) is 0 Å². The van der Waals surface area contributed by atoms with E-state index in [4.69, 9.17) is 18.0 Å². The molecular weight excluding hydrogens is 240 g/mol. The van der Waals surface area contributed by atoms with Crippen LogP contribution in [0.15, 0.2) is 24.3 Å². The van der Waals surface area contributed by atoms with Crippen molar-refractivity contribution in [2.45, 2.75) is 39.5 Å². The normalized spacial score (nSPS) is 10.3. The SMILES string of the molecule is CCCCN(CCCC)c1ccccc1C(N)=S. The number of hydrogen-bond acceptors (Lipinski definition) is 2. The molecule has 0 radical (unpaired) electrons. The van der Waals surface area contributed by atoms with Gasteiger partial charge in [0.25, 0.3) is 0 Å². The topological polar surface area (TPSA) is 29.3 Å². The molecule has 3 heteroatoms. The minimum atomic E-state index is 0.489. The minimum absolute atomic E-state index is 0.489. The maximum atomic E-state index is 5.81. The number of nitrogens with two attached hydrogens (primary N) is 1. The molecule has 0 saturated carbocycles. The number of para-hydroxylation sites is 1. The molecule has 1 rings (SSSR count). The fourth-order valence-electron chi connectivity index (χ4n) is 2.01. The molecule has 0 bridgehead atoms. The number of nitrogens with zero attached hydrogens (tertiary/aromatic N) is 1. The van der Waals surface area contributed by atoms with E-state index in [1.807, 2.05) is 12.1 Å². The number of anilines is 1. The molecule has 0 aromatic heterocycles. The molecule has 1 aromatic carbocycles. The average molecular weight is 264 g/mol. The summed E-state index contributed by atoms with van der Waals surface area (Å²) in [4.78, 5) is 2.91. The monoisotopic (exact) mass is 264 g/mol. The van der Waals surface area contributed by atoms with E-state index in [1.165, 1.54) is 31.4 Å². The maximum absolute atomic E-state index is 5.81. The van der Waals surface area contributed by atoms with Crippen LogP contribution in [-0.2, 0) is 0 Å². The average Bonchev–Trinajstić information content (AvgIpc) is 2.39. The number of thiocarbonyl (C=S) groups is 1. The molecule has 0 unspecified atom stereocenters. The molecule has 0 aliphatic rings. The van der Waals surface area contributed by atoms with Gasteiger partial charge in [-0.15, -0.1) is 0 Å². The van der Waals surface area contributed by atoms with Crippen LogP contribution in [0.1, 0.15) is 45.1 Å². The van der Waals surface area contributed by atoms with Gasteiger partial charge in [-0.05, 0) is 25.0 Å². The Balaban J connectivity index is 2.92. The van der Waals surface area contributed by atoms with Gasteiger partial charge in [-0.25, -0.2) is 0 Å². The van der Waals surface area contributed by atoms with Gasteiger partial charge in [0.05, 0.1) is 0 Å². The zero-order chi connectivity index (χ0) is 13.4. The first-order chi connectivity index (χ1) is 8.70. The summed E-state index contributed by atoms with van der Waals surface area (Å²) in [5, 5.41) is 0. The highest BCUT2D eigenvalue weighted by molar-refractivity contribution is 7.80. The van der Waals surface area contributed by atoms with Crippen molar-refractivity contribution in [1.82, 2.24) is 0 Å². The summed E-state index contributed by atoms with van der Waals surface area (Å²) in [6.45, 7) is 6.60.